The number of nitrogens with one attached hydrogen (secondary N) is 1. The maximum Gasteiger partial charge on any atom is 0.136 e. The first kappa shape index (κ1) is 13.1. The molecule has 3 unspecified atom stereocenters. The molecule has 2 rings (SSSR count). The number of hydrogen-bond acceptors (Lipinski definition) is 2. The zero-order chi connectivity index (χ0) is 12.1. The number of Topliss-reactive ketones (excluding diaryl/α,β-unsaturated/α-hetero) is 1. The maximum absolute atomic E-state index is 12.3. The molecule has 0 amide bonds. The lowest BCUT2D eigenvalue weighted by Crippen LogP contribution is -2.33. The molecule has 0 aromatic heterocycles. The summed E-state index contributed by atoms with van der Waals surface area (Å²) < 4.78 is 0. The van der Waals surface area contributed by atoms with Gasteiger partial charge >= 0.3 is 0 Å². The van der Waals surface area contributed by atoms with E-state index in [2.05, 4.69) is 12.2 Å². The highest BCUT2D eigenvalue weighted by Crippen LogP contribution is 2.33. The lowest BCUT2D eigenvalue weighted by molar-refractivity contribution is -0.125. The minimum atomic E-state index is 0.399. The molecule has 0 radical (unpaired) electrons. The van der Waals surface area contributed by atoms with Gasteiger partial charge in [-0.25, -0.2) is 0 Å². The highest BCUT2D eigenvalue weighted by atomic mass is 16.1. The van der Waals surface area contributed by atoms with Crippen LogP contribution in [0.1, 0.15) is 58.3 Å². The van der Waals surface area contributed by atoms with Gasteiger partial charge in [0.25, 0.3) is 0 Å². The van der Waals surface area contributed by atoms with Crippen molar-refractivity contribution in [3.63, 3.8) is 0 Å². The van der Waals surface area contributed by atoms with Gasteiger partial charge in [0.15, 0.2) is 0 Å². The fourth-order valence-corrected chi connectivity index (χ4v) is 3.50. The highest BCUT2D eigenvalue weighted by molar-refractivity contribution is 5.81. The van der Waals surface area contributed by atoms with E-state index in [-0.39, 0.29) is 0 Å². The zero-order valence-corrected chi connectivity index (χ0v) is 11.2. The number of ketones is 1. The van der Waals surface area contributed by atoms with Crippen LogP contribution in [-0.4, -0.2) is 18.9 Å². The summed E-state index contributed by atoms with van der Waals surface area (Å²) in [7, 11) is 0. The third-order valence-corrected chi connectivity index (χ3v) is 4.70. The van der Waals surface area contributed by atoms with E-state index in [0.717, 1.165) is 31.8 Å². The summed E-state index contributed by atoms with van der Waals surface area (Å²) in [6, 6.07) is 0. The van der Waals surface area contributed by atoms with E-state index in [1.165, 1.54) is 38.5 Å². The molecule has 3 atom stereocenters. The molecule has 2 heteroatoms. The van der Waals surface area contributed by atoms with E-state index >= 15 is 0 Å². The van der Waals surface area contributed by atoms with E-state index in [0.29, 0.717) is 17.6 Å². The smallest absolute Gasteiger partial charge is 0.136 e. The van der Waals surface area contributed by atoms with E-state index in [9.17, 15) is 4.79 Å². The van der Waals surface area contributed by atoms with Crippen molar-refractivity contribution in [2.24, 2.45) is 17.8 Å². The normalized spacial score (nSPS) is 34.5. The van der Waals surface area contributed by atoms with Crippen LogP contribution in [0.5, 0.6) is 0 Å². The number of carbonyl (C=O) groups excluding carboxylic acids is 1. The van der Waals surface area contributed by atoms with Crippen molar-refractivity contribution >= 4 is 5.78 Å². The lowest BCUT2D eigenvalue weighted by atomic mass is 9.76. The average Bonchev–Trinajstić information content (AvgIpc) is 2.40. The Kier molecular flexibility index (Phi) is 5.02. The summed E-state index contributed by atoms with van der Waals surface area (Å²) in [4.78, 5) is 12.3. The van der Waals surface area contributed by atoms with E-state index in [4.69, 9.17) is 0 Å². The number of carbonyl (C=O) groups is 1. The van der Waals surface area contributed by atoms with E-state index < -0.39 is 0 Å². The van der Waals surface area contributed by atoms with E-state index in [1.807, 2.05) is 0 Å². The van der Waals surface area contributed by atoms with Crippen molar-refractivity contribution in [2.45, 2.75) is 58.3 Å². The Morgan fingerprint density at radius 1 is 1.18 bits per heavy atom. The first-order valence-corrected chi connectivity index (χ1v) is 7.53. The molecule has 1 saturated heterocycles. The van der Waals surface area contributed by atoms with E-state index in [1.54, 1.807) is 0 Å². The maximum atomic E-state index is 12.3. The third-order valence-electron chi connectivity index (χ3n) is 4.70. The average molecular weight is 237 g/mol. The van der Waals surface area contributed by atoms with Gasteiger partial charge in [-0.15, -0.1) is 0 Å². The van der Waals surface area contributed by atoms with Crippen LogP contribution in [0.25, 0.3) is 0 Å². The molecule has 0 bridgehead atoms. The van der Waals surface area contributed by atoms with Crippen LogP contribution in [0.4, 0.5) is 0 Å². The van der Waals surface area contributed by atoms with Crippen molar-refractivity contribution in [1.82, 2.24) is 5.32 Å². The summed E-state index contributed by atoms with van der Waals surface area (Å²) in [5, 5.41) is 3.41. The van der Waals surface area contributed by atoms with Gasteiger partial charge in [0.2, 0.25) is 0 Å². The van der Waals surface area contributed by atoms with Crippen molar-refractivity contribution in [3.05, 3.63) is 0 Å². The van der Waals surface area contributed by atoms with Gasteiger partial charge < -0.3 is 5.32 Å². The van der Waals surface area contributed by atoms with Crippen molar-refractivity contribution < 1.29 is 4.79 Å². The molecule has 0 aromatic rings. The Hall–Kier alpha value is -0.370. The molecule has 2 fully saturated rings. The third kappa shape index (κ3) is 3.80. The highest BCUT2D eigenvalue weighted by Gasteiger charge is 2.28. The number of rotatable bonds is 4. The Morgan fingerprint density at radius 3 is 2.71 bits per heavy atom. The summed E-state index contributed by atoms with van der Waals surface area (Å²) in [5.74, 6) is 2.41. The van der Waals surface area contributed by atoms with Crippen LogP contribution in [0, 0.1) is 17.8 Å². The Morgan fingerprint density at radius 2 is 2.00 bits per heavy atom. The molecular weight excluding hydrogens is 210 g/mol. The van der Waals surface area contributed by atoms with Gasteiger partial charge in [-0.1, -0.05) is 26.2 Å². The molecule has 0 aromatic carbocycles. The molecule has 2 nitrogen and oxygen atoms in total. The lowest BCUT2D eigenvalue weighted by Gasteiger charge is -2.29. The fourth-order valence-electron chi connectivity index (χ4n) is 3.50. The topological polar surface area (TPSA) is 29.1 Å². The van der Waals surface area contributed by atoms with Crippen LogP contribution in [-0.2, 0) is 4.79 Å². The van der Waals surface area contributed by atoms with Crippen LogP contribution >= 0.6 is 0 Å². The largest absolute Gasteiger partial charge is 0.316 e. The van der Waals surface area contributed by atoms with Gasteiger partial charge in [-0.2, -0.15) is 0 Å². The van der Waals surface area contributed by atoms with Gasteiger partial charge in [-0.3, -0.25) is 4.79 Å². The van der Waals surface area contributed by atoms with Crippen molar-refractivity contribution in [3.8, 4) is 0 Å². The summed E-state index contributed by atoms with van der Waals surface area (Å²) >= 11 is 0. The summed E-state index contributed by atoms with van der Waals surface area (Å²) in [6.45, 7) is 4.48. The Bertz CT molecular complexity index is 245. The molecule has 0 spiro atoms. The number of hydrogen-bond donors (Lipinski definition) is 1. The molecule has 1 N–H and O–H groups in total. The monoisotopic (exact) mass is 237 g/mol. The minimum Gasteiger partial charge on any atom is -0.316 e. The Balaban J connectivity index is 1.78. The Labute approximate surface area is 106 Å². The van der Waals surface area contributed by atoms with Crippen molar-refractivity contribution in [1.29, 1.82) is 0 Å². The molecule has 1 saturated carbocycles. The van der Waals surface area contributed by atoms with Gasteiger partial charge in [0.1, 0.15) is 5.78 Å². The van der Waals surface area contributed by atoms with Gasteiger partial charge in [0.05, 0.1) is 0 Å². The molecule has 2 aliphatic rings. The summed E-state index contributed by atoms with van der Waals surface area (Å²) in [6.07, 6.45) is 9.57. The first-order chi connectivity index (χ1) is 8.29. The fraction of sp³-hybridized carbons (Fsp3) is 0.933. The molecule has 1 heterocycles. The molecule has 98 valence electrons. The predicted molar refractivity (Wildman–Crippen MR) is 71.0 cm³/mol. The van der Waals surface area contributed by atoms with Crippen molar-refractivity contribution in [2.75, 3.05) is 13.1 Å². The summed E-state index contributed by atoms with van der Waals surface area (Å²) in [5.41, 5.74) is 0. The minimum absolute atomic E-state index is 0.399. The van der Waals surface area contributed by atoms with Gasteiger partial charge in [0, 0.05) is 12.3 Å². The zero-order valence-electron chi connectivity index (χ0n) is 11.2. The van der Waals surface area contributed by atoms with Crippen LogP contribution in [0.2, 0.25) is 0 Å². The SMILES string of the molecule is CCC1CCCC(C(=O)CC2CCCNC2)C1. The van der Waals surface area contributed by atoms with Crippen LogP contribution in [0.3, 0.4) is 0 Å². The van der Waals surface area contributed by atoms with Gasteiger partial charge in [-0.05, 0) is 50.6 Å². The standard InChI is InChI=1S/C15H27NO/c1-2-12-5-3-7-14(9-12)15(17)10-13-6-4-8-16-11-13/h12-14,16H,2-11H2,1H3. The molecule has 17 heavy (non-hydrogen) atoms. The quantitative estimate of drug-likeness (QED) is 0.813. The predicted octanol–water partition coefficient (Wildman–Crippen LogP) is 3.16. The van der Waals surface area contributed by atoms with Crippen LogP contribution < -0.4 is 5.32 Å². The van der Waals surface area contributed by atoms with Crippen LogP contribution in [0.15, 0.2) is 0 Å². The molecular formula is C15H27NO. The first-order valence-electron chi connectivity index (χ1n) is 7.53. The molecule has 1 aliphatic carbocycles. The second-order valence-electron chi connectivity index (χ2n) is 6.02. The molecule has 1 aliphatic heterocycles. The second-order valence-corrected chi connectivity index (χ2v) is 6.02. The second kappa shape index (κ2) is 6.53. The number of piperidine rings is 1.